The van der Waals surface area contributed by atoms with Gasteiger partial charge in [-0.25, -0.2) is 0 Å². The Morgan fingerprint density at radius 3 is 2.68 bits per heavy atom. The van der Waals surface area contributed by atoms with Gasteiger partial charge in [0.15, 0.2) is 0 Å². The molecule has 0 atom stereocenters. The first-order valence-electron chi connectivity index (χ1n) is 10.7. The summed E-state index contributed by atoms with van der Waals surface area (Å²) < 4.78 is 0.349. The number of fused-ring (bicyclic) bond motifs is 1. The van der Waals surface area contributed by atoms with E-state index >= 15 is 0 Å². The number of nitrogens with one attached hydrogen (secondary N) is 2. The van der Waals surface area contributed by atoms with Crippen molar-refractivity contribution >= 4 is 21.6 Å². The van der Waals surface area contributed by atoms with Gasteiger partial charge in [-0.2, -0.15) is 0 Å². The lowest BCUT2D eigenvalue weighted by atomic mass is 10.0. The van der Waals surface area contributed by atoms with E-state index in [4.69, 9.17) is 0 Å². The number of aliphatic hydroxyl groups is 2. The number of likely N-dealkylation sites (tertiary alicyclic amines) is 1. The SMILES string of the molecule is O=c1[nH]c2c(O)ccc(C(O)(O)CNCCc3cccc(CN4CCCCC4)c3)c2s1. The molecule has 0 amide bonds. The van der Waals surface area contributed by atoms with Crippen LogP contribution in [-0.4, -0.2) is 51.4 Å². The summed E-state index contributed by atoms with van der Waals surface area (Å²) in [6.07, 6.45) is 4.66. The molecular weight excluding hydrogens is 414 g/mol. The minimum atomic E-state index is -2.16. The van der Waals surface area contributed by atoms with Crippen LogP contribution in [0.15, 0.2) is 41.2 Å². The zero-order valence-corrected chi connectivity index (χ0v) is 18.2. The first kappa shape index (κ1) is 22.0. The normalized spacial score (nSPS) is 15.5. The van der Waals surface area contributed by atoms with E-state index in [1.54, 1.807) is 0 Å². The molecule has 0 aliphatic carbocycles. The molecule has 1 fully saturated rings. The largest absolute Gasteiger partial charge is 0.506 e. The highest BCUT2D eigenvalue weighted by atomic mass is 32.1. The Morgan fingerprint density at radius 2 is 1.87 bits per heavy atom. The second-order valence-corrected chi connectivity index (χ2v) is 9.23. The predicted molar refractivity (Wildman–Crippen MR) is 122 cm³/mol. The third-order valence-electron chi connectivity index (χ3n) is 5.80. The summed E-state index contributed by atoms with van der Waals surface area (Å²) in [6.45, 7) is 3.81. The smallest absolute Gasteiger partial charge is 0.305 e. The number of phenols is 1. The Labute approximate surface area is 185 Å². The van der Waals surface area contributed by atoms with Crippen LogP contribution >= 0.6 is 11.3 Å². The van der Waals surface area contributed by atoms with Crippen LogP contribution in [0, 0.1) is 0 Å². The van der Waals surface area contributed by atoms with Gasteiger partial charge in [0.05, 0.1) is 11.2 Å². The quantitative estimate of drug-likeness (QED) is 0.270. The fraction of sp³-hybridized carbons (Fsp3) is 0.435. The molecule has 1 saturated heterocycles. The lowest BCUT2D eigenvalue weighted by Gasteiger charge is -2.26. The molecule has 0 spiro atoms. The lowest BCUT2D eigenvalue weighted by molar-refractivity contribution is -0.164. The van der Waals surface area contributed by atoms with Crippen LogP contribution in [0.2, 0.25) is 0 Å². The summed E-state index contributed by atoms with van der Waals surface area (Å²) in [5.74, 6) is -2.25. The molecule has 8 heteroatoms. The number of aromatic amines is 1. The minimum Gasteiger partial charge on any atom is -0.506 e. The van der Waals surface area contributed by atoms with Gasteiger partial charge in [-0.05, 0) is 62.2 Å². The predicted octanol–water partition coefficient (Wildman–Crippen LogP) is 2.25. The van der Waals surface area contributed by atoms with E-state index in [1.807, 2.05) is 0 Å². The van der Waals surface area contributed by atoms with E-state index in [2.05, 4.69) is 39.5 Å². The van der Waals surface area contributed by atoms with Crippen LogP contribution in [0.1, 0.15) is 36.0 Å². The van der Waals surface area contributed by atoms with Crippen molar-refractivity contribution < 1.29 is 15.3 Å². The standard InChI is InChI=1S/C23H29N3O4S/c27-19-8-7-18(21-20(19)25-22(28)31-21)23(29,30)15-24-10-9-16-5-4-6-17(13-16)14-26-11-2-1-3-12-26/h4-8,13,24,27,29-30H,1-3,9-12,14-15H2,(H,25,28). The third kappa shape index (κ3) is 5.34. The highest BCUT2D eigenvalue weighted by molar-refractivity contribution is 7.16. The van der Waals surface area contributed by atoms with Gasteiger partial charge in [0.1, 0.15) is 11.3 Å². The topological polar surface area (TPSA) is 109 Å². The average Bonchev–Trinajstić information content (AvgIpc) is 3.14. The number of benzene rings is 2. The molecule has 0 radical (unpaired) electrons. The van der Waals surface area contributed by atoms with Crippen molar-refractivity contribution in [2.75, 3.05) is 26.2 Å². The molecule has 31 heavy (non-hydrogen) atoms. The highest BCUT2D eigenvalue weighted by Crippen LogP contribution is 2.32. The van der Waals surface area contributed by atoms with E-state index in [1.165, 1.54) is 55.6 Å². The number of rotatable bonds is 8. The number of H-pyrrole nitrogens is 1. The van der Waals surface area contributed by atoms with E-state index in [-0.39, 0.29) is 28.2 Å². The van der Waals surface area contributed by atoms with Crippen molar-refractivity contribution in [1.29, 1.82) is 0 Å². The molecular formula is C23H29N3O4S. The first-order valence-corrected chi connectivity index (χ1v) is 11.5. The van der Waals surface area contributed by atoms with Crippen LogP contribution in [0.5, 0.6) is 5.75 Å². The van der Waals surface area contributed by atoms with Gasteiger partial charge < -0.3 is 25.6 Å². The summed E-state index contributed by atoms with van der Waals surface area (Å²) in [5.41, 5.74) is 2.94. The first-order chi connectivity index (χ1) is 14.9. The van der Waals surface area contributed by atoms with Gasteiger partial charge in [0, 0.05) is 12.1 Å². The number of thiazole rings is 1. The van der Waals surface area contributed by atoms with Crippen LogP contribution in [0.3, 0.4) is 0 Å². The highest BCUT2D eigenvalue weighted by Gasteiger charge is 2.29. The maximum Gasteiger partial charge on any atom is 0.305 e. The molecule has 1 aliphatic rings. The van der Waals surface area contributed by atoms with Crippen molar-refractivity contribution in [2.45, 2.75) is 38.0 Å². The Hall–Kier alpha value is -2.23. The average molecular weight is 444 g/mol. The molecule has 0 saturated carbocycles. The monoisotopic (exact) mass is 443 g/mol. The number of phenolic OH excluding ortho intramolecular Hbond substituents is 1. The molecule has 0 bridgehead atoms. The minimum absolute atomic E-state index is 0.0908. The summed E-state index contributed by atoms with van der Waals surface area (Å²) in [7, 11) is 0. The molecule has 2 heterocycles. The fourth-order valence-corrected chi connectivity index (χ4v) is 5.12. The fourth-order valence-electron chi connectivity index (χ4n) is 4.18. The van der Waals surface area contributed by atoms with E-state index < -0.39 is 5.79 Å². The second-order valence-electron chi connectivity index (χ2n) is 8.25. The second kappa shape index (κ2) is 9.50. The number of aromatic hydroxyl groups is 1. The van der Waals surface area contributed by atoms with Gasteiger partial charge in [-0.15, -0.1) is 0 Å². The van der Waals surface area contributed by atoms with Crippen molar-refractivity contribution in [1.82, 2.24) is 15.2 Å². The number of hydrogen-bond donors (Lipinski definition) is 5. The van der Waals surface area contributed by atoms with Gasteiger partial charge in [0.2, 0.25) is 5.79 Å². The molecule has 4 rings (SSSR count). The Balaban J connectivity index is 1.34. The molecule has 166 valence electrons. The molecule has 1 aromatic heterocycles. The molecule has 2 aromatic carbocycles. The summed E-state index contributed by atoms with van der Waals surface area (Å²) in [4.78, 5) is 16.3. The maximum absolute atomic E-state index is 11.7. The van der Waals surface area contributed by atoms with Crippen LogP contribution in [0.4, 0.5) is 0 Å². The van der Waals surface area contributed by atoms with Gasteiger partial charge in [-0.3, -0.25) is 9.69 Å². The van der Waals surface area contributed by atoms with Crippen molar-refractivity contribution in [3.63, 3.8) is 0 Å². The number of piperidine rings is 1. The Morgan fingerprint density at radius 1 is 1.10 bits per heavy atom. The van der Waals surface area contributed by atoms with E-state index in [9.17, 15) is 20.1 Å². The summed E-state index contributed by atoms with van der Waals surface area (Å²) in [5, 5.41) is 34.2. The molecule has 3 aromatic rings. The zero-order chi connectivity index (χ0) is 21.8. The van der Waals surface area contributed by atoms with Crippen molar-refractivity contribution in [3.8, 4) is 5.75 Å². The Bertz CT molecular complexity index is 1090. The molecule has 0 unspecified atom stereocenters. The van der Waals surface area contributed by atoms with E-state index in [0.29, 0.717) is 11.2 Å². The number of aromatic nitrogens is 1. The summed E-state index contributed by atoms with van der Waals surface area (Å²) in [6, 6.07) is 11.4. The lowest BCUT2D eigenvalue weighted by Crippen LogP contribution is -2.38. The maximum atomic E-state index is 11.7. The van der Waals surface area contributed by atoms with Crippen molar-refractivity contribution in [3.05, 3.63) is 62.8 Å². The number of nitrogens with zero attached hydrogens (tertiary/aromatic N) is 1. The van der Waals surface area contributed by atoms with Gasteiger partial charge >= 0.3 is 4.87 Å². The van der Waals surface area contributed by atoms with Gasteiger partial charge in [-0.1, -0.05) is 42.0 Å². The van der Waals surface area contributed by atoms with Gasteiger partial charge in [0.25, 0.3) is 0 Å². The zero-order valence-electron chi connectivity index (χ0n) is 17.4. The van der Waals surface area contributed by atoms with Crippen molar-refractivity contribution in [2.24, 2.45) is 0 Å². The molecule has 7 nitrogen and oxygen atoms in total. The van der Waals surface area contributed by atoms with Crippen LogP contribution in [0.25, 0.3) is 10.2 Å². The third-order valence-corrected chi connectivity index (χ3v) is 6.71. The van der Waals surface area contributed by atoms with Crippen LogP contribution < -0.4 is 10.2 Å². The molecule has 1 aliphatic heterocycles. The number of hydrogen-bond acceptors (Lipinski definition) is 7. The van der Waals surface area contributed by atoms with E-state index in [0.717, 1.165) is 24.3 Å². The summed E-state index contributed by atoms with van der Waals surface area (Å²) >= 11 is 0.849. The Kier molecular flexibility index (Phi) is 6.74. The van der Waals surface area contributed by atoms with Crippen LogP contribution in [-0.2, 0) is 18.8 Å². The molecule has 5 N–H and O–H groups in total.